The van der Waals surface area contributed by atoms with E-state index in [2.05, 4.69) is 0 Å². The molecule has 2 aromatic carbocycles. The van der Waals surface area contributed by atoms with Gasteiger partial charge < -0.3 is 4.74 Å². The van der Waals surface area contributed by atoms with Crippen molar-refractivity contribution in [2.75, 3.05) is 7.11 Å². The number of carbonyl (C=O) groups is 1. The number of halogens is 3. The Bertz CT molecular complexity index is 618. The third-order valence-corrected chi connectivity index (χ3v) is 2.77. The predicted octanol–water partition coefficient (Wildman–Crippen LogP) is 3.98. The summed E-state index contributed by atoms with van der Waals surface area (Å²) in [5.74, 6) is -0.412. The summed E-state index contributed by atoms with van der Waals surface area (Å²) < 4.78 is 42.0. The predicted molar refractivity (Wildman–Crippen MR) is 65.5 cm³/mol. The van der Waals surface area contributed by atoms with Crippen LogP contribution in [0.25, 0.3) is 10.8 Å². The van der Waals surface area contributed by atoms with Gasteiger partial charge in [0, 0.05) is 10.9 Å². The average molecular weight is 268 g/mol. The fourth-order valence-electron chi connectivity index (χ4n) is 1.97. The molecule has 0 radical (unpaired) electrons. The number of hydrogen-bond donors (Lipinski definition) is 0. The fourth-order valence-corrected chi connectivity index (χ4v) is 1.97. The van der Waals surface area contributed by atoms with Gasteiger partial charge >= 0.3 is 6.18 Å². The van der Waals surface area contributed by atoms with Crippen molar-refractivity contribution in [3.8, 4) is 5.75 Å². The van der Waals surface area contributed by atoms with E-state index in [4.69, 9.17) is 4.74 Å². The normalized spacial score (nSPS) is 11.6. The van der Waals surface area contributed by atoms with Crippen LogP contribution in [0.1, 0.15) is 16.8 Å². The number of hydrogen-bond acceptors (Lipinski definition) is 2. The Morgan fingerprint density at radius 1 is 1.11 bits per heavy atom. The van der Waals surface area contributed by atoms with E-state index in [-0.39, 0.29) is 5.56 Å². The first-order valence-corrected chi connectivity index (χ1v) is 5.58. The minimum Gasteiger partial charge on any atom is -0.496 e. The van der Waals surface area contributed by atoms with Crippen LogP contribution in [0, 0.1) is 0 Å². The lowest BCUT2D eigenvalue weighted by Gasteiger charge is -2.10. The quantitative estimate of drug-likeness (QED) is 0.787. The molecule has 0 bridgehead atoms. The topological polar surface area (TPSA) is 26.3 Å². The summed E-state index contributed by atoms with van der Waals surface area (Å²) in [6.07, 6.45) is -5.96. The molecule has 5 heteroatoms. The molecule has 2 aromatic rings. The Kier molecular flexibility index (Phi) is 3.46. The molecule has 0 aliphatic carbocycles. The molecule has 0 aromatic heterocycles. The van der Waals surface area contributed by atoms with Crippen molar-refractivity contribution in [3.63, 3.8) is 0 Å². The molecule has 0 spiro atoms. The summed E-state index contributed by atoms with van der Waals surface area (Å²) >= 11 is 0. The van der Waals surface area contributed by atoms with E-state index in [0.717, 1.165) is 0 Å². The highest BCUT2D eigenvalue weighted by molar-refractivity contribution is 6.09. The highest BCUT2D eigenvalue weighted by Crippen LogP contribution is 2.31. The molecule has 0 atom stereocenters. The fraction of sp³-hybridized carbons (Fsp3) is 0.214. The van der Waals surface area contributed by atoms with Gasteiger partial charge in [-0.2, -0.15) is 13.2 Å². The summed E-state index contributed by atoms with van der Waals surface area (Å²) in [6, 6.07) is 9.61. The van der Waals surface area contributed by atoms with E-state index in [1.165, 1.54) is 19.2 Å². The van der Waals surface area contributed by atoms with E-state index in [0.29, 0.717) is 16.5 Å². The zero-order valence-corrected chi connectivity index (χ0v) is 10.1. The molecule has 0 aliphatic rings. The average Bonchev–Trinajstić information content (AvgIpc) is 2.35. The van der Waals surface area contributed by atoms with Crippen LogP contribution in [0.2, 0.25) is 0 Å². The minimum absolute atomic E-state index is 0.0636. The van der Waals surface area contributed by atoms with Crippen LogP contribution in [0.5, 0.6) is 5.75 Å². The van der Waals surface area contributed by atoms with Gasteiger partial charge in [-0.25, -0.2) is 0 Å². The summed E-state index contributed by atoms with van der Waals surface area (Å²) in [5, 5.41) is 1.09. The summed E-state index contributed by atoms with van der Waals surface area (Å²) in [7, 11) is 1.47. The monoisotopic (exact) mass is 268 g/mol. The number of fused-ring (bicyclic) bond motifs is 1. The zero-order chi connectivity index (χ0) is 14.0. The summed E-state index contributed by atoms with van der Waals surface area (Å²) in [4.78, 5) is 11.7. The lowest BCUT2D eigenvalue weighted by Crippen LogP contribution is -2.15. The second-order valence-corrected chi connectivity index (χ2v) is 4.08. The second-order valence-electron chi connectivity index (χ2n) is 4.08. The number of rotatable bonds is 3. The van der Waals surface area contributed by atoms with Crippen molar-refractivity contribution in [3.05, 3.63) is 42.0 Å². The van der Waals surface area contributed by atoms with Crippen molar-refractivity contribution in [2.24, 2.45) is 0 Å². The lowest BCUT2D eigenvalue weighted by molar-refractivity contribution is -0.125. The van der Waals surface area contributed by atoms with Crippen molar-refractivity contribution in [2.45, 2.75) is 12.6 Å². The second kappa shape index (κ2) is 4.91. The highest BCUT2D eigenvalue weighted by atomic mass is 19.4. The lowest BCUT2D eigenvalue weighted by atomic mass is 9.99. The van der Waals surface area contributed by atoms with Gasteiger partial charge in [-0.15, -0.1) is 0 Å². The molecule has 0 aliphatic heterocycles. The van der Waals surface area contributed by atoms with Crippen molar-refractivity contribution < 1.29 is 22.7 Å². The Balaban J connectivity index is 2.53. The van der Waals surface area contributed by atoms with Crippen LogP contribution in [0.3, 0.4) is 0 Å². The van der Waals surface area contributed by atoms with Gasteiger partial charge in [-0.1, -0.05) is 24.3 Å². The van der Waals surface area contributed by atoms with Gasteiger partial charge in [-0.3, -0.25) is 4.79 Å². The van der Waals surface area contributed by atoms with Crippen LogP contribution in [-0.2, 0) is 0 Å². The summed E-state index contributed by atoms with van der Waals surface area (Å²) in [6.45, 7) is 0. The number of benzene rings is 2. The maximum Gasteiger partial charge on any atom is 0.396 e. The standard InChI is InChI=1S/C14H11F3O2/c1-19-13-7-6-10(12(18)8-14(15,16)17)9-4-2-3-5-11(9)13/h2-7H,8H2,1H3. The first-order valence-electron chi connectivity index (χ1n) is 5.58. The van der Waals surface area contributed by atoms with Gasteiger partial charge in [0.1, 0.15) is 12.2 Å². The molecule has 19 heavy (non-hydrogen) atoms. The minimum atomic E-state index is -4.50. The number of Topliss-reactive ketones (excluding diaryl/α,β-unsaturated/α-hetero) is 1. The number of ketones is 1. The van der Waals surface area contributed by atoms with Gasteiger partial charge in [-0.05, 0) is 17.5 Å². The molecular formula is C14H11F3O2. The summed E-state index contributed by atoms with van der Waals surface area (Å²) in [5.41, 5.74) is 0.0636. The maximum absolute atomic E-state index is 12.3. The molecule has 0 N–H and O–H groups in total. The molecule has 2 nitrogen and oxygen atoms in total. The SMILES string of the molecule is COc1ccc(C(=O)CC(F)(F)F)c2ccccc12. The molecule has 0 amide bonds. The smallest absolute Gasteiger partial charge is 0.396 e. The Labute approximate surface area is 107 Å². The Morgan fingerprint density at radius 3 is 2.32 bits per heavy atom. The molecular weight excluding hydrogens is 257 g/mol. The molecule has 0 saturated heterocycles. The highest BCUT2D eigenvalue weighted by Gasteiger charge is 2.32. The number of alkyl halides is 3. The van der Waals surface area contributed by atoms with E-state index in [1.54, 1.807) is 24.3 Å². The zero-order valence-electron chi connectivity index (χ0n) is 10.1. The Morgan fingerprint density at radius 2 is 1.74 bits per heavy atom. The molecule has 100 valence electrons. The maximum atomic E-state index is 12.3. The third-order valence-electron chi connectivity index (χ3n) is 2.77. The van der Waals surface area contributed by atoms with Gasteiger partial charge in [0.25, 0.3) is 0 Å². The van der Waals surface area contributed by atoms with Crippen molar-refractivity contribution in [1.29, 1.82) is 0 Å². The van der Waals surface area contributed by atoms with Crippen LogP contribution in [0.15, 0.2) is 36.4 Å². The number of methoxy groups -OCH3 is 1. The van der Waals surface area contributed by atoms with Crippen molar-refractivity contribution in [1.82, 2.24) is 0 Å². The van der Waals surface area contributed by atoms with E-state index >= 15 is 0 Å². The molecule has 0 saturated carbocycles. The van der Waals surface area contributed by atoms with Crippen molar-refractivity contribution >= 4 is 16.6 Å². The van der Waals surface area contributed by atoms with Gasteiger partial charge in [0.15, 0.2) is 5.78 Å². The molecule has 0 heterocycles. The number of ether oxygens (including phenoxy) is 1. The van der Waals surface area contributed by atoms with Crippen LogP contribution in [0.4, 0.5) is 13.2 Å². The van der Waals surface area contributed by atoms with Gasteiger partial charge in [0.05, 0.1) is 7.11 Å². The first kappa shape index (κ1) is 13.4. The van der Waals surface area contributed by atoms with E-state index in [1.807, 2.05) is 0 Å². The first-order chi connectivity index (χ1) is 8.92. The van der Waals surface area contributed by atoms with E-state index < -0.39 is 18.4 Å². The molecule has 2 rings (SSSR count). The van der Waals surface area contributed by atoms with Gasteiger partial charge in [0.2, 0.25) is 0 Å². The van der Waals surface area contributed by atoms with Crippen LogP contribution in [-0.4, -0.2) is 19.1 Å². The Hall–Kier alpha value is -2.04. The largest absolute Gasteiger partial charge is 0.496 e. The van der Waals surface area contributed by atoms with E-state index in [9.17, 15) is 18.0 Å². The van der Waals surface area contributed by atoms with Crippen LogP contribution >= 0.6 is 0 Å². The molecule has 0 unspecified atom stereocenters. The van der Waals surface area contributed by atoms with Crippen LogP contribution < -0.4 is 4.74 Å². The molecule has 0 fully saturated rings. The number of carbonyl (C=O) groups excluding carboxylic acids is 1. The third kappa shape index (κ3) is 2.86.